The summed E-state index contributed by atoms with van der Waals surface area (Å²) in [5.74, 6) is 0.775. The molecule has 0 aliphatic rings. The standard InChI is InChI=1S/C23H37ClO/c1-2-3-4-5-6-7-8-9-10-11-12-13-14-15-23(25)22-18-16-21(20-24)17-19-22/h16-19H,2-15,20H2,1H3. The van der Waals surface area contributed by atoms with Crippen LogP contribution in [0.25, 0.3) is 0 Å². The van der Waals surface area contributed by atoms with Crippen molar-refractivity contribution in [2.45, 2.75) is 103 Å². The highest BCUT2D eigenvalue weighted by atomic mass is 35.5. The number of unbranched alkanes of at least 4 members (excludes halogenated alkanes) is 12. The highest BCUT2D eigenvalue weighted by Crippen LogP contribution is 2.14. The van der Waals surface area contributed by atoms with Crippen LogP contribution in [0.2, 0.25) is 0 Å². The second kappa shape index (κ2) is 15.4. The lowest BCUT2D eigenvalue weighted by Gasteiger charge is -2.04. The summed E-state index contributed by atoms with van der Waals surface area (Å²) < 4.78 is 0. The van der Waals surface area contributed by atoms with E-state index in [0.717, 1.165) is 17.5 Å². The SMILES string of the molecule is CCCCCCCCCCCCCCCC(=O)c1ccc(CCl)cc1. The normalized spacial score (nSPS) is 11.0. The van der Waals surface area contributed by atoms with Crippen molar-refractivity contribution in [3.05, 3.63) is 35.4 Å². The lowest BCUT2D eigenvalue weighted by molar-refractivity contribution is 0.0979. The minimum absolute atomic E-state index is 0.268. The number of hydrogen-bond acceptors (Lipinski definition) is 1. The second-order valence-electron chi connectivity index (χ2n) is 7.25. The molecule has 0 fully saturated rings. The van der Waals surface area contributed by atoms with Crippen molar-refractivity contribution in [1.82, 2.24) is 0 Å². The summed E-state index contributed by atoms with van der Waals surface area (Å²) in [7, 11) is 0. The van der Waals surface area contributed by atoms with Gasteiger partial charge in [0.05, 0.1) is 0 Å². The number of benzene rings is 1. The molecule has 0 N–H and O–H groups in total. The zero-order chi connectivity index (χ0) is 18.2. The van der Waals surface area contributed by atoms with E-state index in [2.05, 4.69) is 6.92 Å². The van der Waals surface area contributed by atoms with Crippen LogP contribution in [-0.4, -0.2) is 5.78 Å². The first-order valence-electron chi connectivity index (χ1n) is 10.5. The third-order valence-electron chi connectivity index (χ3n) is 4.94. The van der Waals surface area contributed by atoms with Gasteiger partial charge in [0.2, 0.25) is 0 Å². The molecule has 2 heteroatoms. The molecule has 0 saturated carbocycles. The molecule has 1 nitrogen and oxygen atoms in total. The fourth-order valence-corrected chi connectivity index (χ4v) is 3.41. The van der Waals surface area contributed by atoms with Gasteiger partial charge < -0.3 is 0 Å². The molecule has 1 aromatic carbocycles. The molecule has 0 amide bonds. The van der Waals surface area contributed by atoms with Gasteiger partial charge in [-0.2, -0.15) is 0 Å². The Morgan fingerprint density at radius 2 is 1.16 bits per heavy atom. The topological polar surface area (TPSA) is 17.1 Å². The van der Waals surface area contributed by atoms with E-state index in [0.29, 0.717) is 12.3 Å². The lowest BCUT2D eigenvalue weighted by Crippen LogP contribution is -1.99. The minimum Gasteiger partial charge on any atom is -0.294 e. The van der Waals surface area contributed by atoms with Crippen molar-refractivity contribution >= 4 is 17.4 Å². The second-order valence-corrected chi connectivity index (χ2v) is 7.51. The fourth-order valence-electron chi connectivity index (χ4n) is 3.23. The molecule has 25 heavy (non-hydrogen) atoms. The first-order chi connectivity index (χ1) is 12.3. The molecule has 142 valence electrons. The smallest absolute Gasteiger partial charge is 0.162 e. The van der Waals surface area contributed by atoms with Gasteiger partial charge in [0, 0.05) is 17.9 Å². The van der Waals surface area contributed by atoms with Crippen LogP contribution in [0.3, 0.4) is 0 Å². The number of hydrogen-bond donors (Lipinski definition) is 0. The quantitative estimate of drug-likeness (QED) is 0.164. The molecule has 0 aromatic heterocycles. The largest absolute Gasteiger partial charge is 0.294 e. The van der Waals surface area contributed by atoms with Crippen LogP contribution in [0, 0.1) is 0 Å². The highest BCUT2D eigenvalue weighted by Gasteiger charge is 2.05. The first-order valence-corrected chi connectivity index (χ1v) is 11.0. The number of carbonyl (C=O) groups excluding carboxylic acids is 1. The van der Waals surface area contributed by atoms with Crippen LogP contribution in [0.15, 0.2) is 24.3 Å². The molecule has 0 unspecified atom stereocenters. The third kappa shape index (κ3) is 11.4. The van der Waals surface area contributed by atoms with Gasteiger partial charge in [-0.05, 0) is 12.0 Å². The van der Waals surface area contributed by atoms with Gasteiger partial charge in [-0.1, -0.05) is 108 Å². The zero-order valence-corrected chi connectivity index (χ0v) is 17.0. The van der Waals surface area contributed by atoms with E-state index in [1.807, 2.05) is 24.3 Å². The van der Waals surface area contributed by atoms with Gasteiger partial charge in [-0.25, -0.2) is 0 Å². The van der Waals surface area contributed by atoms with Gasteiger partial charge in [0.15, 0.2) is 5.78 Å². The van der Waals surface area contributed by atoms with Crippen molar-refractivity contribution in [2.75, 3.05) is 0 Å². The number of halogens is 1. The van der Waals surface area contributed by atoms with E-state index in [1.54, 1.807) is 0 Å². The Labute approximate surface area is 160 Å². The van der Waals surface area contributed by atoms with Crippen LogP contribution >= 0.6 is 11.6 Å². The predicted octanol–water partition coefficient (Wildman–Crippen LogP) is 8.09. The summed E-state index contributed by atoms with van der Waals surface area (Å²) in [6.45, 7) is 2.27. The van der Waals surface area contributed by atoms with Crippen LogP contribution in [0.5, 0.6) is 0 Å². The van der Waals surface area contributed by atoms with Crippen LogP contribution in [0.1, 0.15) is 113 Å². The number of ketones is 1. The average Bonchev–Trinajstić information content (AvgIpc) is 2.65. The minimum atomic E-state index is 0.268. The Morgan fingerprint density at radius 1 is 0.720 bits per heavy atom. The molecule has 1 aromatic rings. The molecule has 0 saturated heterocycles. The van der Waals surface area contributed by atoms with E-state index >= 15 is 0 Å². The Balaban J connectivity index is 1.90. The molecule has 0 radical (unpaired) electrons. The molecule has 0 aliphatic heterocycles. The Kier molecular flexibility index (Phi) is 13.7. The number of Topliss-reactive ketones (excluding diaryl/α,β-unsaturated/α-hetero) is 1. The molecule has 0 bridgehead atoms. The van der Waals surface area contributed by atoms with E-state index < -0.39 is 0 Å². The molecular weight excluding hydrogens is 328 g/mol. The predicted molar refractivity (Wildman–Crippen MR) is 111 cm³/mol. The molecule has 0 atom stereocenters. The Morgan fingerprint density at radius 3 is 1.60 bits per heavy atom. The fraction of sp³-hybridized carbons (Fsp3) is 0.696. The number of alkyl halides is 1. The number of carbonyl (C=O) groups is 1. The summed E-state index contributed by atoms with van der Waals surface area (Å²) in [4.78, 5) is 12.1. The molecule has 0 aliphatic carbocycles. The van der Waals surface area contributed by atoms with Crippen molar-refractivity contribution in [2.24, 2.45) is 0 Å². The van der Waals surface area contributed by atoms with Crippen molar-refractivity contribution in [3.63, 3.8) is 0 Å². The van der Waals surface area contributed by atoms with Gasteiger partial charge in [-0.15, -0.1) is 11.6 Å². The third-order valence-corrected chi connectivity index (χ3v) is 5.25. The molecule has 1 rings (SSSR count). The summed E-state index contributed by atoms with van der Waals surface area (Å²) in [5.41, 5.74) is 1.90. The number of rotatable bonds is 16. The van der Waals surface area contributed by atoms with E-state index in [9.17, 15) is 4.79 Å². The maximum absolute atomic E-state index is 12.1. The molecular formula is C23H37ClO. The van der Waals surface area contributed by atoms with E-state index in [-0.39, 0.29) is 5.78 Å². The van der Waals surface area contributed by atoms with Gasteiger partial charge in [0.25, 0.3) is 0 Å². The van der Waals surface area contributed by atoms with E-state index in [4.69, 9.17) is 11.6 Å². The summed E-state index contributed by atoms with van der Waals surface area (Å²) >= 11 is 5.77. The maximum atomic E-state index is 12.1. The summed E-state index contributed by atoms with van der Waals surface area (Å²) in [6, 6.07) is 7.71. The van der Waals surface area contributed by atoms with Gasteiger partial charge in [-0.3, -0.25) is 4.79 Å². The van der Waals surface area contributed by atoms with Gasteiger partial charge in [0.1, 0.15) is 0 Å². The van der Waals surface area contributed by atoms with Crippen LogP contribution in [-0.2, 0) is 5.88 Å². The lowest BCUT2D eigenvalue weighted by atomic mass is 10.0. The summed E-state index contributed by atoms with van der Waals surface area (Å²) in [6.07, 6.45) is 18.1. The maximum Gasteiger partial charge on any atom is 0.162 e. The summed E-state index contributed by atoms with van der Waals surface area (Å²) in [5, 5.41) is 0. The zero-order valence-electron chi connectivity index (χ0n) is 16.2. The Hall–Kier alpha value is -0.820. The molecule has 0 heterocycles. The van der Waals surface area contributed by atoms with E-state index in [1.165, 1.54) is 77.0 Å². The van der Waals surface area contributed by atoms with Crippen molar-refractivity contribution in [1.29, 1.82) is 0 Å². The Bertz CT molecular complexity index is 438. The van der Waals surface area contributed by atoms with Crippen molar-refractivity contribution < 1.29 is 4.79 Å². The first kappa shape index (κ1) is 22.2. The monoisotopic (exact) mass is 364 g/mol. The van der Waals surface area contributed by atoms with Gasteiger partial charge >= 0.3 is 0 Å². The van der Waals surface area contributed by atoms with Crippen LogP contribution in [0.4, 0.5) is 0 Å². The molecule has 0 spiro atoms. The highest BCUT2D eigenvalue weighted by molar-refractivity contribution is 6.17. The van der Waals surface area contributed by atoms with Crippen LogP contribution < -0.4 is 0 Å². The average molecular weight is 365 g/mol. The van der Waals surface area contributed by atoms with Crippen molar-refractivity contribution in [3.8, 4) is 0 Å².